The van der Waals surface area contributed by atoms with Crippen LogP contribution in [0.3, 0.4) is 0 Å². The van der Waals surface area contributed by atoms with Gasteiger partial charge in [-0.25, -0.2) is 19.2 Å². The lowest BCUT2D eigenvalue weighted by Crippen LogP contribution is -2.36. The van der Waals surface area contributed by atoms with Crippen molar-refractivity contribution in [2.24, 2.45) is 5.73 Å². The quantitative estimate of drug-likeness (QED) is 0.125. The number of nitrogen functional groups attached to an aromatic ring is 1. The van der Waals surface area contributed by atoms with Gasteiger partial charge in [0.15, 0.2) is 11.3 Å². The third-order valence-electron chi connectivity index (χ3n) is 8.12. The summed E-state index contributed by atoms with van der Waals surface area (Å²) in [5, 5.41) is 17.5. The molecular formula is C31H25FN8O7. The van der Waals surface area contributed by atoms with Crippen molar-refractivity contribution in [3.8, 4) is 0 Å². The normalized spacial score (nSPS) is 13.8. The highest BCUT2D eigenvalue weighted by Crippen LogP contribution is 2.35. The van der Waals surface area contributed by atoms with Crippen LogP contribution < -0.4 is 38.3 Å². The number of anilines is 3. The number of carboxylic acids is 1. The highest BCUT2D eigenvalue weighted by molar-refractivity contribution is 6.02. The molecule has 8 N–H and O–H groups in total. The zero-order valence-electron chi connectivity index (χ0n) is 24.5. The first-order valence-corrected chi connectivity index (χ1v) is 14.1. The van der Waals surface area contributed by atoms with E-state index in [0.29, 0.717) is 24.0 Å². The number of carbonyl (C=O) groups excluding carboxylic acids is 3. The topological polar surface area (TPSA) is 241 Å². The highest BCUT2D eigenvalue weighted by Gasteiger charge is 2.29. The summed E-state index contributed by atoms with van der Waals surface area (Å²) < 4.78 is 15.6. The summed E-state index contributed by atoms with van der Waals surface area (Å²) in [5.41, 5.74) is 10.6. The van der Waals surface area contributed by atoms with E-state index in [1.54, 1.807) is 13.0 Å². The van der Waals surface area contributed by atoms with Gasteiger partial charge in [-0.3, -0.25) is 28.4 Å². The van der Waals surface area contributed by atoms with E-state index >= 15 is 0 Å². The molecule has 0 fully saturated rings. The maximum atomic E-state index is 14.4. The number of carbonyl (C=O) groups is 4. The Morgan fingerprint density at radius 2 is 1.85 bits per heavy atom. The van der Waals surface area contributed by atoms with Gasteiger partial charge in [-0.1, -0.05) is 12.1 Å². The van der Waals surface area contributed by atoms with Crippen LogP contribution in [0.2, 0.25) is 0 Å². The Labute approximate surface area is 263 Å². The molecule has 3 amide bonds. The van der Waals surface area contributed by atoms with E-state index in [-0.39, 0.29) is 51.9 Å². The Morgan fingerprint density at radius 1 is 1.09 bits per heavy atom. The fourth-order valence-electron chi connectivity index (χ4n) is 5.65. The number of carboxylic acid groups (broad SMARTS) is 1. The molecule has 0 bridgehead atoms. The van der Waals surface area contributed by atoms with Gasteiger partial charge in [0.05, 0.1) is 17.3 Å². The molecule has 0 aliphatic heterocycles. The van der Waals surface area contributed by atoms with Crippen molar-refractivity contribution < 1.29 is 28.7 Å². The molecule has 15 nitrogen and oxygen atoms in total. The van der Waals surface area contributed by atoms with Crippen molar-refractivity contribution in [2.75, 3.05) is 11.1 Å². The van der Waals surface area contributed by atoms with Crippen molar-refractivity contribution in [1.82, 2.24) is 25.0 Å². The van der Waals surface area contributed by atoms with Crippen molar-refractivity contribution in [1.29, 1.82) is 0 Å². The first kappa shape index (κ1) is 30.6. The molecule has 0 radical (unpaired) electrons. The van der Waals surface area contributed by atoms with Crippen molar-refractivity contribution in [3.63, 3.8) is 0 Å². The van der Waals surface area contributed by atoms with Crippen LogP contribution in [0.25, 0.3) is 5.65 Å². The minimum Gasteiger partial charge on any atom is -0.478 e. The van der Waals surface area contributed by atoms with E-state index in [1.807, 2.05) is 0 Å². The largest absolute Gasteiger partial charge is 0.478 e. The van der Waals surface area contributed by atoms with Gasteiger partial charge in [0.1, 0.15) is 34.9 Å². The van der Waals surface area contributed by atoms with E-state index in [2.05, 4.69) is 25.9 Å². The smallest absolute Gasteiger partial charge is 0.335 e. The van der Waals surface area contributed by atoms with Gasteiger partial charge in [-0.05, 0) is 66.3 Å². The molecule has 238 valence electrons. The number of nitrogens with zero attached hydrogens (tertiary/aromatic N) is 3. The summed E-state index contributed by atoms with van der Waals surface area (Å²) in [5.74, 6) is -4.10. The highest BCUT2D eigenvalue weighted by atomic mass is 19.1. The molecule has 5 aromatic rings. The van der Waals surface area contributed by atoms with E-state index in [9.17, 15) is 38.3 Å². The lowest BCUT2D eigenvalue weighted by Gasteiger charge is -2.16. The first-order chi connectivity index (χ1) is 22.3. The third kappa shape index (κ3) is 5.30. The molecule has 0 unspecified atom stereocenters. The fourth-order valence-corrected chi connectivity index (χ4v) is 5.65. The second kappa shape index (κ2) is 11.5. The van der Waals surface area contributed by atoms with E-state index in [4.69, 9.17) is 11.5 Å². The van der Waals surface area contributed by atoms with Gasteiger partial charge in [0, 0.05) is 6.54 Å². The van der Waals surface area contributed by atoms with Gasteiger partial charge in [0.2, 0.25) is 0 Å². The number of aromatic carboxylic acids is 1. The number of rotatable bonds is 9. The minimum absolute atomic E-state index is 0.0775. The maximum absolute atomic E-state index is 14.4. The summed E-state index contributed by atoms with van der Waals surface area (Å²) in [6.07, 6.45) is 2.23. The Kier molecular flexibility index (Phi) is 7.47. The van der Waals surface area contributed by atoms with E-state index in [1.165, 1.54) is 35.0 Å². The van der Waals surface area contributed by atoms with Crippen LogP contribution in [-0.2, 0) is 13.0 Å². The molecule has 0 spiro atoms. The number of aromatic nitrogens is 3. The van der Waals surface area contributed by atoms with Gasteiger partial charge in [-0.15, -0.1) is 0 Å². The SMILES string of the molecule is Cc1c(C(=O)O)ccc2c1CC[C@@H]2NC(=O)c1cc(C(=O)NCc2ccc(F)c(Nc3c(N)c(=O)c3=O)c2)nc2c(C(N)=O)ncn12. The number of fused-ring (bicyclic) bond motifs is 2. The lowest BCUT2D eigenvalue weighted by molar-refractivity contribution is 0.0695. The van der Waals surface area contributed by atoms with Crippen molar-refractivity contribution in [3.05, 3.63) is 114 Å². The van der Waals surface area contributed by atoms with Crippen molar-refractivity contribution >= 4 is 46.4 Å². The second-order valence-corrected chi connectivity index (χ2v) is 10.9. The van der Waals surface area contributed by atoms with Gasteiger partial charge in [0.25, 0.3) is 28.6 Å². The molecule has 0 saturated carbocycles. The standard InChI is InChI=1S/C31H25FN8O7/c1-12-14-5-7-18(16(14)4-3-15(12)31(46)47)39-30(45)21-9-20(38-28-24(27(34)43)36-11-40(21)28)29(44)35-10-13-2-6-17(32)19(8-13)37-23-22(33)25(41)26(23)42/h2-4,6,8-9,11,18,37H,5,7,10,33H2,1H3,(H2,34,43)(H,35,44)(H,39,45)(H,46,47)/t18-/m0/s1. The summed E-state index contributed by atoms with van der Waals surface area (Å²) in [4.78, 5) is 81.9. The molecule has 2 aromatic heterocycles. The predicted octanol–water partition coefficient (Wildman–Crippen LogP) is 1.24. The van der Waals surface area contributed by atoms with Gasteiger partial charge in [-0.2, -0.15) is 0 Å². The number of imidazole rings is 1. The Balaban J connectivity index is 1.26. The molecule has 6 rings (SSSR count). The zero-order chi connectivity index (χ0) is 33.7. The summed E-state index contributed by atoms with van der Waals surface area (Å²) in [7, 11) is 0. The summed E-state index contributed by atoms with van der Waals surface area (Å²) >= 11 is 0. The number of hydrogen-bond donors (Lipinski definition) is 6. The van der Waals surface area contributed by atoms with E-state index in [0.717, 1.165) is 17.2 Å². The molecule has 3 aromatic carbocycles. The lowest BCUT2D eigenvalue weighted by atomic mass is 9.98. The van der Waals surface area contributed by atoms with Crippen LogP contribution in [0.4, 0.5) is 21.5 Å². The first-order valence-electron chi connectivity index (χ1n) is 14.1. The summed E-state index contributed by atoms with van der Waals surface area (Å²) in [6, 6.07) is 7.69. The minimum atomic E-state index is -1.05. The number of amides is 3. The van der Waals surface area contributed by atoms with E-state index < -0.39 is 46.4 Å². The van der Waals surface area contributed by atoms with Crippen LogP contribution in [0, 0.1) is 12.7 Å². The predicted molar refractivity (Wildman–Crippen MR) is 165 cm³/mol. The third-order valence-corrected chi connectivity index (χ3v) is 8.12. The number of nitrogens with two attached hydrogens (primary N) is 2. The van der Waals surface area contributed by atoms with Crippen molar-refractivity contribution in [2.45, 2.75) is 32.4 Å². The average Bonchev–Trinajstić information content (AvgIpc) is 3.67. The van der Waals surface area contributed by atoms with Gasteiger partial charge < -0.3 is 32.5 Å². The molecule has 2 heterocycles. The maximum Gasteiger partial charge on any atom is 0.335 e. The number of benzene rings is 2. The number of halogens is 1. The Hall–Kier alpha value is -6.45. The van der Waals surface area contributed by atoms with Crippen LogP contribution in [-0.4, -0.2) is 43.2 Å². The molecular weight excluding hydrogens is 615 g/mol. The van der Waals surface area contributed by atoms with Crippen LogP contribution in [0.1, 0.15) is 76.5 Å². The molecule has 1 atom stereocenters. The molecule has 16 heteroatoms. The average molecular weight is 641 g/mol. The fraction of sp³-hybridized carbons (Fsp3) is 0.161. The van der Waals surface area contributed by atoms with Gasteiger partial charge >= 0.3 is 5.97 Å². The van der Waals surface area contributed by atoms with Crippen LogP contribution in [0.15, 0.2) is 52.3 Å². The monoisotopic (exact) mass is 640 g/mol. The van der Waals surface area contributed by atoms with Crippen LogP contribution >= 0.6 is 0 Å². The molecule has 1 aliphatic rings. The molecule has 1 aliphatic carbocycles. The molecule has 47 heavy (non-hydrogen) atoms. The number of hydrogen-bond acceptors (Lipinski definition) is 10. The second-order valence-electron chi connectivity index (χ2n) is 10.9. The number of primary amides is 1. The Morgan fingerprint density at radius 3 is 2.55 bits per heavy atom. The molecule has 0 saturated heterocycles. The van der Waals surface area contributed by atoms with Crippen LogP contribution in [0.5, 0.6) is 0 Å². The summed E-state index contributed by atoms with van der Waals surface area (Å²) in [6.45, 7) is 1.57. The Bertz CT molecular complexity index is 2250. The number of nitrogens with one attached hydrogen (secondary N) is 3. The zero-order valence-corrected chi connectivity index (χ0v) is 24.5.